The van der Waals surface area contributed by atoms with Crippen molar-refractivity contribution in [1.29, 1.82) is 0 Å². The molecule has 0 aliphatic rings. The van der Waals surface area contributed by atoms with Gasteiger partial charge in [-0.15, -0.1) is 0 Å². The molecule has 0 bridgehead atoms. The van der Waals surface area contributed by atoms with Gasteiger partial charge in [0.2, 0.25) is 5.88 Å². The van der Waals surface area contributed by atoms with E-state index in [2.05, 4.69) is 36.5 Å². The molecule has 1 heterocycles. The molecular formula is C18H18N2O. The van der Waals surface area contributed by atoms with E-state index in [1.54, 1.807) is 0 Å². The molecule has 0 fully saturated rings. The molecule has 2 aromatic carbocycles. The summed E-state index contributed by atoms with van der Waals surface area (Å²) in [4.78, 5) is 0. The van der Waals surface area contributed by atoms with Gasteiger partial charge in [-0.3, -0.25) is 0 Å². The zero-order valence-corrected chi connectivity index (χ0v) is 12.2. The summed E-state index contributed by atoms with van der Waals surface area (Å²) in [5.74, 6) is 1.15. The number of aromatic nitrogens is 1. The van der Waals surface area contributed by atoms with E-state index in [0.717, 1.165) is 16.9 Å². The Labute approximate surface area is 124 Å². The fourth-order valence-corrected chi connectivity index (χ4v) is 2.20. The highest BCUT2D eigenvalue weighted by atomic mass is 16.5. The molecule has 0 atom stereocenters. The van der Waals surface area contributed by atoms with Crippen LogP contribution in [0.1, 0.15) is 25.3 Å². The molecule has 1 aromatic heterocycles. The summed E-state index contributed by atoms with van der Waals surface area (Å²) in [7, 11) is 0. The smallest absolute Gasteiger partial charge is 0.229 e. The van der Waals surface area contributed by atoms with Crippen LogP contribution in [0, 0.1) is 0 Å². The van der Waals surface area contributed by atoms with Gasteiger partial charge in [0, 0.05) is 17.3 Å². The predicted octanol–water partition coefficient (Wildman–Crippen LogP) is 5.21. The first-order chi connectivity index (χ1) is 10.2. The minimum atomic E-state index is 0.501. The molecule has 3 nitrogen and oxygen atoms in total. The maximum atomic E-state index is 5.36. The second-order valence-corrected chi connectivity index (χ2v) is 5.35. The van der Waals surface area contributed by atoms with Crippen LogP contribution in [0.4, 0.5) is 11.6 Å². The minimum Gasteiger partial charge on any atom is -0.338 e. The zero-order chi connectivity index (χ0) is 14.7. The fourth-order valence-electron chi connectivity index (χ4n) is 2.20. The summed E-state index contributed by atoms with van der Waals surface area (Å²) < 4.78 is 5.36. The van der Waals surface area contributed by atoms with Gasteiger partial charge in [-0.25, -0.2) is 0 Å². The second-order valence-electron chi connectivity index (χ2n) is 5.35. The van der Waals surface area contributed by atoms with Gasteiger partial charge in [0.15, 0.2) is 0 Å². The number of nitrogens with zero attached hydrogens (tertiary/aromatic N) is 1. The third kappa shape index (κ3) is 3.14. The van der Waals surface area contributed by atoms with Crippen molar-refractivity contribution in [3.63, 3.8) is 0 Å². The molecule has 21 heavy (non-hydrogen) atoms. The standard InChI is InChI=1S/C18H18N2O/c1-13(2)15-9-6-10-16(11-15)19-18-12-17(20-21-18)14-7-4-3-5-8-14/h3-13,19H,1-2H3. The lowest BCUT2D eigenvalue weighted by molar-refractivity contribution is 0.438. The van der Waals surface area contributed by atoms with Crippen molar-refractivity contribution < 1.29 is 4.52 Å². The maximum Gasteiger partial charge on any atom is 0.229 e. The molecule has 0 unspecified atom stereocenters. The van der Waals surface area contributed by atoms with Gasteiger partial charge in [0.25, 0.3) is 0 Å². The van der Waals surface area contributed by atoms with E-state index in [-0.39, 0.29) is 0 Å². The van der Waals surface area contributed by atoms with E-state index in [1.807, 2.05) is 48.5 Å². The van der Waals surface area contributed by atoms with Gasteiger partial charge in [0.1, 0.15) is 5.69 Å². The average Bonchev–Trinajstić information content (AvgIpc) is 2.97. The number of nitrogens with one attached hydrogen (secondary N) is 1. The molecule has 1 N–H and O–H groups in total. The summed E-state index contributed by atoms with van der Waals surface area (Å²) >= 11 is 0. The van der Waals surface area contributed by atoms with Crippen LogP contribution in [0.5, 0.6) is 0 Å². The van der Waals surface area contributed by atoms with Crippen molar-refractivity contribution in [1.82, 2.24) is 5.16 Å². The number of rotatable bonds is 4. The molecule has 3 heteroatoms. The van der Waals surface area contributed by atoms with E-state index in [1.165, 1.54) is 5.56 Å². The SMILES string of the molecule is CC(C)c1cccc(Nc2cc(-c3ccccc3)no2)c1. The fraction of sp³-hybridized carbons (Fsp3) is 0.167. The van der Waals surface area contributed by atoms with Crippen molar-refractivity contribution in [3.8, 4) is 11.3 Å². The summed E-state index contributed by atoms with van der Waals surface area (Å²) in [6, 6.07) is 20.2. The van der Waals surface area contributed by atoms with E-state index < -0.39 is 0 Å². The van der Waals surface area contributed by atoms with Crippen LogP contribution in [-0.4, -0.2) is 5.16 Å². The lowest BCUT2D eigenvalue weighted by Gasteiger charge is -2.08. The molecule has 106 valence electrons. The van der Waals surface area contributed by atoms with Gasteiger partial charge < -0.3 is 9.84 Å². The van der Waals surface area contributed by atoms with Crippen LogP contribution >= 0.6 is 0 Å². The van der Waals surface area contributed by atoms with Gasteiger partial charge in [0.05, 0.1) is 0 Å². The Kier molecular flexibility index (Phi) is 3.73. The molecule has 0 radical (unpaired) electrons. The molecule has 0 saturated carbocycles. The molecule has 3 aromatic rings. The minimum absolute atomic E-state index is 0.501. The first kappa shape index (κ1) is 13.4. The van der Waals surface area contributed by atoms with Crippen molar-refractivity contribution in [2.45, 2.75) is 19.8 Å². The first-order valence-corrected chi connectivity index (χ1v) is 7.11. The lowest BCUT2D eigenvalue weighted by Crippen LogP contribution is -1.92. The Morgan fingerprint density at radius 2 is 1.76 bits per heavy atom. The van der Waals surface area contributed by atoms with Gasteiger partial charge in [-0.05, 0) is 23.6 Å². The lowest BCUT2D eigenvalue weighted by atomic mass is 10.0. The van der Waals surface area contributed by atoms with Gasteiger partial charge in [-0.1, -0.05) is 61.5 Å². The largest absolute Gasteiger partial charge is 0.338 e. The van der Waals surface area contributed by atoms with Crippen LogP contribution in [0.25, 0.3) is 11.3 Å². The van der Waals surface area contributed by atoms with Crippen molar-refractivity contribution in [2.75, 3.05) is 5.32 Å². The van der Waals surface area contributed by atoms with E-state index in [0.29, 0.717) is 11.8 Å². The average molecular weight is 278 g/mol. The summed E-state index contributed by atoms with van der Waals surface area (Å²) in [6.07, 6.45) is 0. The molecular weight excluding hydrogens is 260 g/mol. The normalized spacial score (nSPS) is 10.8. The Morgan fingerprint density at radius 3 is 2.52 bits per heavy atom. The molecule has 0 aliphatic heterocycles. The van der Waals surface area contributed by atoms with E-state index in [9.17, 15) is 0 Å². The van der Waals surface area contributed by atoms with Crippen molar-refractivity contribution in [3.05, 3.63) is 66.2 Å². The van der Waals surface area contributed by atoms with E-state index >= 15 is 0 Å². The van der Waals surface area contributed by atoms with Crippen molar-refractivity contribution >= 4 is 11.6 Å². The Bertz CT molecular complexity index is 717. The predicted molar refractivity (Wildman–Crippen MR) is 85.8 cm³/mol. The highest BCUT2D eigenvalue weighted by molar-refractivity contribution is 5.64. The quantitative estimate of drug-likeness (QED) is 0.712. The third-order valence-electron chi connectivity index (χ3n) is 3.40. The van der Waals surface area contributed by atoms with E-state index in [4.69, 9.17) is 4.52 Å². The summed E-state index contributed by atoms with van der Waals surface area (Å²) in [5.41, 5.74) is 4.18. The van der Waals surface area contributed by atoms with Crippen molar-refractivity contribution in [2.24, 2.45) is 0 Å². The summed E-state index contributed by atoms with van der Waals surface area (Å²) in [5, 5.41) is 7.36. The monoisotopic (exact) mass is 278 g/mol. The highest BCUT2D eigenvalue weighted by Crippen LogP contribution is 2.25. The molecule has 0 saturated heterocycles. The maximum absolute atomic E-state index is 5.36. The van der Waals surface area contributed by atoms with Crippen LogP contribution in [0.3, 0.4) is 0 Å². The molecule has 3 rings (SSSR count). The highest BCUT2D eigenvalue weighted by Gasteiger charge is 2.07. The van der Waals surface area contributed by atoms with Gasteiger partial charge >= 0.3 is 0 Å². The Hall–Kier alpha value is -2.55. The van der Waals surface area contributed by atoms with Crippen LogP contribution in [0.15, 0.2) is 65.2 Å². The number of hydrogen-bond acceptors (Lipinski definition) is 3. The number of benzene rings is 2. The first-order valence-electron chi connectivity index (χ1n) is 7.11. The van der Waals surface area contributed by atoms with Crippen LogP contribution in [-0.2, 0) is 0 Å². The van der Waals surface area contributed by atoms with Gasteiger partial charge in [-0.2, -0.15) is 0 Å². The topological polar surface area (TPSA) is 38.1 Å². The second kappa shape index (κ2) is 5.83. The number of anilines is 2. The van der Waals surface area contributed by atoms with Crippen LogP contribution in [0.2, 0.25) is 0 Å². The Morgan fingerprint density at radius 1 is 0.952 bits per heavy atom. The zero-order valence-electron chi connectivity index (χ0n) is 12.2. The number of hydrogen-bond donors (Lipinski definition) is 1. The molecule has 0 amide bonds. The molecule has 0 spiro atoms. The summed E-state index contributed by atoms with van der Waals surface area (Å²) in [6.45, 7) is 4.36. The van der Waals surface area contributed by atoms with Crippen LogP contribution < -0.4 is 5.32 Å². The third-order valence-corrected chi connectivity index (χ3v) is 3.40. The molecule has 0 aliphatic carbocycles. The Balaban J connectivity index is 1.80.